The predicted molar refractivity (Wildman–Crippen MR) is 107 cm³/mol. The number of likely N-dealkylation sites (N-methyl/N-ethyl adjacent to an activating group) is 1. The number of carbonyl (C=O) groups excluding carboxylic acids is 2. The fraction of sp³-hybridized carbons (Fsp3) is 0.429. The van der Waals surface area contributed by atoms with Crippen molar-refractivity contribution in [3.05, 3.63) is 60.1 Å². The number of furan rings is 1. The Kier molecular flexibility index (Phi) is 7.23. The third-order valence-corrected chi connectivity index (χ3v) is 4.02. The topological polar surface area (TPSA) is 83.8 Å². The summed E-state index contributed by atoms with van der Waals surface area (Å²) in [6, 6.07) is 11.7. The van der Waals surface area contributed by atoms with Gasteiger partial charge in [0.05, 0.1) is 12.3 Å². The largest absolute Gasteiger partial charge is 0.468 e. The van der Waals surface area contributed by atoms with Crippen LogP contribution >= 0.6 is 0 Å². The molecular formula is C21H29N3O4. The van der Waals surface area contributed by atoms with Crippen molar-refractivity contribution in [2.45, 2.75) is 38.5 Å². The van der Waals surface area contributed by atoms with E-state index in [0.29, 0.717) is 12.1 Å². The molecule has 2 unspecified atom stereocenters. The Morgan fingerprint density at radius 1 is 1.11 bits per heavy atom. The maximum absolute atomic E-state index is 12.9. The standard InChI is InChI=1S/C21H29N3O4/c1-21(2,3)28-20(26)23-18(15-10-7-6-8-11-15)19(25)22-14-16(24(4)5)17-12-9-13-27-17/h6-13,16,18H,14H2,1-5H3,(H,22,25)(H,23,26). The van der Waals surface area contributed by atoms with E-state index in [0.717, 1.165) is 5.76 Å². The Hall–Kier alpha value is -2.80. The quantitative estimate of drug-likeness (QED) is 0.762. The molecule has 7 nitrogen and oxygen atoms in total. The fourth-order valence-electron chi connectivity index (χ4n) is 2.69. The van der Waals surface area contributed by atoms with Crippen LogP contribution in [0.15, 0.2) is 53.1 Å². The van der Waals surface area contributed by atoms with E-state index in [1.807, 2.05) is 49.3 Å². The molecule has 2 atom stereocenters. The first kappa shape index (κ1) is 21.5. The Bertz CT molecular complexity index is 752. The van der Waals surface area contributed by atoms with Gasteiger partial charge in [-0.2, -0.15) is 0 Å². The average Bonchev–Trinajstić information content (AvgIpc) is 3.13. The molecule has 0 radical (unpaired) electrons. The Labute approximate surface area is 166 Å². The van der Waals surface area contributed by atoms with Gasteiger partial charge in [0.1, 0.15) is 17.4 Å². The molecule has 2 rings (SSSR count). The Morgan fingerprint density at radius 2 is 1.79 bits per heavy atom. The van der Waals surface area contributed by atoms with Crippen LogP contribution in [0.3, 0.4) is 0 Å². The number of amides is 2. The van der Waals surface area contributed by atoms with Gasteiger partial charge in [-0.15, -0.1) is 0 Å². The molecule has 2 amide bonds. The fourth-order valence-corrected chi connectivity index (χ4v) is 2.69. The van der Waals surface area contributed by atoms with E-state index in [-0.39, 0.29) is 11.9 Å². The van der Waals surface area contributed by atoms with Gasteiger partial charge >= 0.3 is 6.09 Å². The molecule has 0 saturated heterocycles. The monoisotopic (exact) mass is 387 g/mol. The van der Waals surface area contributed by atoms with E-state index in [1.54, 1.807) is 39.2 Å². The van der Waals surface area contributed by atoms with Crippen molar-refractivity contribution in [3.8, 4) is 0 Å². The highest BCUT2D eigenvalue weighted by molar-refractivity contribution is 5.87. The molecule has 0 saturated carbocycles. The normalized spacial score (nSPS) is 13.6. The molecule has 0 aliphatic rings. The third-order valence-electron chi connectivity index (χ3n) is 4.02. The van der Waals surface area contributed by atoms with Gasteiger partial charge in [0.25, 0.3) is 0 Å². The zero-order valence-electron chi connectivity index (χ0n) is 17.1. The number of rotatable bonds is 7. The summed E-state index contributed by atoms with van der Waals surface area (Å²) in [5.74, 6) is 0.428. The second-order valence-electron chi connectivity index (χ2n) is 7.73. The van der Waals surface area contributed by atoms with E-state index < -0.39 is 17.7 Å². The van der Waals surface area contributed by atoms with Crippen LogP contribution in [0.4, 0.5) is 4.79 Å². The summed E-state index contributed by atoms with van der Waals surface area (Å²) in [6.45, 7) is 5.65. The van der Waals surface area contributed by atoms with Gasteiger partial charge in [0, 0.05) is 6.54 Å². The first-order valence-corrected chi connectivity index (χ1v) is 9.19. The average molecular weight is 387 g/mol. The zero-order valence-corrected chi connectivity index (χ0v) is 17.1. The van der Waals surface area contributed by atoms with Gasteiger partial charge in [0.2, 0.25) is 5.91 Å². The van der Waals surface area contributed by atoms with Crippen LogP contribution in [-0.4, -0.2) is 43.1 Å². The molecule has 0 aliphatic carbocycles. The minimum absolute atomic E-state index is 0.128. The van der Waals surface area contributed by atoms with Crippen LogP contribution in [0.2, 0.25) is 0 Å². The van der Waals surface area contributed by atoms with E-state index in [9.17, 15) is 9.59 Å². The first-order valence-electron chi connectivity index (χ1n) is 9.19. The van der Waals surface area contributed by atoms with Crippen LogP contribution in [0.1, 0.15) is 44.2 Å². The van der Waals surface area contributed by atoms with Gasteiger partial charge in [0.15, 0.2) is 0 Å². The van der Waals surface area contributed by atoms with Crippen LogP contribution < -0.4 is 10.6 Å². The van der Waals surface area contributed by atoms with E-state index in [1.165, 1.54) is 0 Å². The van der Waals surface area contributed by atoms with E-state index in [2.05, 4.69) is 10.6 Å². The van der Waals surface area contributed by atoms with Crippen molar-refractivity contribution in [1.29, 1.82) is 0 Å². The number of carbonyl (C=O) groups is 2. The van der Waals surface area contributed by atoms with Gasteiger partial charge in [-0.3, -0.25) is 9.69 Å². The summed E-state index contributed by atoms with van der Waals surface area (Å²) >= 11 is 0. The third kappa shape index (κ3) is 6.42. The molecule has 28 heavy (non-hydrogen) atoms. The molecule has 152 valence electrons. The molecule has 0 bridgehead atoms. The van der Waals surface area contributed by atoms with Crippen LogP contribution in [-0.2, 0) is 9.53 Å². The predicted octanol–water partition coefficient (Wildman–Crippen LogP) is 3.26. The molecule has 7 heteroatoms. The van der Waals surface area contributed by atoms with Crippen molar-refractivity contribution in [2.24, 2.45) is 0 Å². The molecule has 0 aliphatic heterocycles. The molecule has 2 N–H and O–H groups in total. The second kappa shape index (κ2) is 9.41. The smallest absolute Gasteiger partial charge is 0.408 e. The van der Waals surface area contributed by atoms with Gasteiger partial charge in [-0.25, -0.2) is 4.79 Å². The van der Waals surface area contributed by atoms with Crippen LogP contribution in [0.5, 0.6) is 0 Å². The summed E-state index contributed by atoms with van der Waals surface area (Å²) in [5, 5.41) is 5.58. The summed E-state index contributed by atoms with van der Waals surface area (Å²) < 4.78 is 10.8. The molecular weight excluding hydrogens is 358 g/mol. The van der Waals surface area contributed by atoms with E-state index in [4.69, 9.17) is 9.15 Å². The highest BCUT2D eigenvalue weighted by Crippen LogP contribution is 2.19. The van der Waals surface area contributed by atoms with Crippen molar-refractivity contribution in [1.82, 2.24) is 15.5 Å². The summed E-state index contributed by atoms with van der Waals surface area (Å²) in [4.78, 5) is 27.1. The number of nitrogens with one attached hydrogen (secondary N) is 2. The van der Waals surface area contributed by atoms with Crippen LogP contribution in [0.25, 0.3) is 0 Å². The summed E-state index contributed by atoms with van der Waals surface area (Å²) in [7, 11) is 3.82. The molecule has 1 aromatic carbocycles. The molecule has 2 aromatic rings. The highest BCUT2D eigenvalue weighted by atomic mass is 16.6. The minimum atomic E-state index is -0.865. The molecule has 0 fully saturated rings. The number of hydrogen-bond donors (Lipinski definition) is 2. The lowest BCUT2D eigenvalue weighted by Gasteiger charge is -2.26. The van der Waals surface area contributed by atoms with Crippen molar-refractivity contribution in [3.63, 3.8) is 0 Å². The Morgan fingerprint density at radius 3 is 2.32 bits per heavy atom. The zero-order chi connectivity index (χ0) is 20.7. The van der Waals surface area contributed by atoms with Crippen molar-refractivity contribution < 1.29 is 18.7 Å². The first-order chi connectivity index (χ1) is 13.2. The number of hydrogen-bond acceptors (Lipinski definition) is 5. The number of alkyl carbamates (subject to hydrolysis) is 1. The lowest BCUT2D eigenvalue weighted by Crippen LogP contribution is -2.44. The number of nitrogens with zero attached hydrogens (tertiary/aromatic N) is 1. The van der Waals surface area contributed by atoms with Crippen LogP contribution in [0, 0.1) is 0 Å². The maximum Gasteiger partial charge on any atom is 0.408 e. The lowest BCUT2D eigenvalue weighted by molar-refractivity contribution is -0.123. The summed E-state index contributed by atoms with van der Waals surface area (Å²) in [6.07, 6.45) is 0.955. The molecule has 0 spiro atoms. The lowest BCUT2D eigenvalue weighted by atomic mass is 10.1. The minimum Gasteiger partial charge on any atom is -0.468 e. The SMILES string of the molecule is CN(C)C(CNC(=O)C(NC(=O)OC(C)(C)C)c1ccccc1)c1ccco1. The molecule has 1 heterocycles. The second-order valence-corrected chi connectivity index (χ2v) is 7.73. The Balaban J connectivity index is 2.11. The number of benzene rings is 1. The van der Waals surface area contributed by atoms with Crippen molar-refractivity contribution in [2.75, 3.05) is 20.6 Å². The molecule has 1 aromatic heterocycles. The number of ether oxygens (including phenoxy) is 1. The van der Waals surface area contributed by atoms with Gasteiger partial charge < -0.3 is 19.8 Å². The van der Waals surface area contributed by atoms with Gasteiger partial charge in [-0.1, -0.05) is 30.3 Å². The highest BCUT2D eigenvalue weighted by Gasteiger charge is 2.27. The summed E-state index contributed by atoms with van der Waals surface area (Å²) in [5.41, 5.74) is 0.0159. The van der Waals surface area contributed by atoms with Gasteiger partial charge in [-0.05, 0) is 52.6 Å². The van der Waals surface area contributed by atoms with E-state index >= 15 is 0 Å². The van der Waals surface area contributed by atoms with Crippen molar-refractivity contribution >= 4 is 12.0 Å². The maximum atomic E-state index is 12.9.